The van der Waals surface area contributed by atoms with Crippen molar-refractivity contribution < 1.29 is 9.18 Å². The van der Waals surface area contributed by atoms with E-state index in [9.17, 15) is 9.18 Å². The molecule has 0 aliphatic heterocycles. The second-order valence-corrected chi connectivity index (χ2v) is 5.80. The van der Waals surface area contributed by atoms with Gasteiger partial charge in [0.15, 0.2) is 0 Å². The Kier molecular flexibility index (Phi) is 4.96. The summed E-state index contributed by atoms with van der Waals surface area (Å²) in [4.78, 5) is 12.2. The number of hydrogen-bond donors (Lipinski definition) is 2. The van der Waals surface area contributed by atoms with Crippen LogP contribution >= 0.6 is 15.9 Å². The Morgan fingerprint density at radius 3 is 2.62 bits per heavy atom. The van der Waals surface area contributed by atoms with E-state index < -0.39 is 0 Å². The molecule has 110 valence electrons. The van der Waals surface area contributed by atoms with E-state index in [1.54, 1.807) is 30.3 Å². The number of amides is 1. The van der Waals surface area contributed by atoms with Crippen molar-refractivity contribution in [2.45, 2.75) is 19.4 Å². The second kappa shape index (κ2) is 6.72. The maximum atomic E-state index is 12.9. The molecule has 2 aromatic carbocycles. The van der Waals surface area contributed by atoms with Crippen LogP contribution in [-0.4, -0.2) is 11.9 Å². The second-order valence-electron chi connectivity index (χ2n) is 4.94. The van der Waals surface area contributed by atoms with Crippen molar-refractivity contribution in [1.29, 1.82) is 0 Å². The molecule has 0 spiro atoms. The van der Waals surface area contributed by atoms with Crippen LogP contribution in [0.2, 0.25) is 0 Å². The van der Waals surface area contributed by atoms with Crippen LogP contribution in [0.4, 0.5) is 10.1 Å². The summed E-state index contributed by atoms with van der Waals surface area (Å²) in [5.41, 5.74) is 7.70. The first-order valence-electron chi connectivity index (χ1n) is 6.56. The van der Waals surface area contributed by atoms with Crippen molar-refractivity contribution in [2.24, 2.45) is 0 Å². The number of carbonyl (C=O) groups excluding carboxylic acids is 1. The van der Waals surface area contributed by atoms with Gasteiger partial charge >= 0.3 is 0 Å². The van der Waals surface area contributed by atoms with Crippen molar-refractivity contribution in [3.8, 4) is 0 Å². The number of nitrogens with one attached hydrogen (secondary N) is 1. The van der Waals surface area contributed by atoms with Gasteiger partial charge in [-0.3, -0.25) is 4.79 Å². The van der Waals surface area contributed by atoms with E-state index in [0.29, 0.717) is 22.1 Å². The first-order chi connectivity index (χ1) is 9.95. The van der Waals surface area contributed by atoms with Gasteiger partial charge < -0.3 is 11.1 Å². The molecule has 0 radical (unpaired) electrons. The summed E-state index contributed by atoms with van der Waals surface area (Å²) in [7, 11) is 0. The number of nitrogens with two attached hydrogens (primary N) is 1. The standard InChI is InChI=1S/C16H16BrFN2O/c1-10(8-11-2-4-12(18)5-3-11)20-16(21)14-9-13(19)6-7-15(14)17/h2-7,9-10H,8,19H2,1H3,(H,20,21). The molecular formula is C16H16BrFN2O. The number of anilines is 1. The molecule has 2 aromatic rings. The molecule has 0 fully saturated rings. The smallest absolute Gasteiger partial charge is 0.252 e. The van der Waals surface area contributed by atoms with E-state index in [0.717, 1.165) is 5.56 Å². The van der Waals surface area contributed by atoms with Gasteiger partial charge in [0.1, 0.15) is 5.82 Å². The maximum Gasteiger partial charge on any atom is 0.252 e. The van der Waals surface area contributed by atoms with Gasteiger partial charge in [0.2, 0.25) is 0 Å². The summed E-state index contributed by atoms with van der Waals surface area (Å²) in [6.45, 7) is 1.90. The van der Waals surface area contributed by atoms with Crippen LogP contribution in [0.15, 0.2) is 46.9 Å². The van der Waals surface area contributed by atoms with Crippen LogP contribution < -0.4 is 11.1 Å². The molecule has 1 unspecified atom stereocenters. The highest BCUT2D eigenvalue weighted by atomic mass is 79.9. The molecule has 1 atom stereocenters. The fourth-order valence-corrected chi connectivity index (χ4v) is 2.47. The van der Waals surface area contributed by atoms with Crippen LogP contribution in [0.5, 0.6) is 0 Å². The highest BCUT2D eigenvalue weighted by Gasteiger charge is 2.13. The summed E-state index contributed by atoms with van der Waals surface area (Å²) in [6.07, 6.45) is 0.631. The fraction of sp³-hybridized carbons (Fsp3) is 0.188. The average Bonchev–Trinajstić information content (AvgIpc) is 2.44. The van der Waals surface area contributed by atoms with Crippen LogP contribution in [0, 0.1) is 5.82 Å². The Morgan fingerprint density at radius 1 is 1.29 bits per heavy atom. The zero-order chi connectivity index (χ0) is 15.4. The largest absolute Gasteiger partial charge is 0.399 e. The average molecular weight is 351 g/mol. The first-order valence-corrected chi connectivity index (χ1v) is 7.35. The number of carbonyl (C=O) groups is 1. The summed E-state index contributed by atoms with van der Waals surface area (Å²) in [5.74, 6) is -0.456. The van der Waals surface area contributed by atoms with E-state index in [1.807, 2.05) is 6.92 Å². The lowest BCUT2D eigenvalue weighted by Crippen LogP contribution is -2.34. The molecule has 3 nitrogen and oxygen atoms in total. The minimum absolute atomic E-state index is 0.0729. The lowest BCUT2D eigenvalue weighted by atomic mass is 10.1. The van der Waals surface area contributed by atoms with E-state index in [1.165, 1.54) is 12.1 Å². The van der Waals surface area contributed by atoms with Gasteiger partial charge in [0.25, 0.3) is 5.91 Å². The lowest BCUT2D eigenvalue weighted by molar-refractivity contribution is 0.0939. The molecule has 0 heterocycles. The number of rotatable bonds is 4. The Labute approximate surface area is 131 Å². The first kappa shape index (κ1) is 15.5. The number of halogens is 2. The van der Waals surface area contributed by atoms with Crippen molar-refractivity contribution >= 4 is 27.5 Å². The number of benzene rings is 2. The molecule has 1 amide bonds. The zero-order valence-corrected chi connectivity index (χ0v) is 13.2. The van der Waals surface area contributed by atoms with Gasteiger partial charge in [-0.25, -0.2) is 4.39 Å². The van der Waals surface area contributed by atoms with Gasteiger partial charge in [-0.2, -0.15) is 0 Å². The Bertz CT molecular complexity index is 643. The van der Waals surface area contributed by atoms with Gasteiger partial charge in [-0.15, -0.1) is 0 Å². The van der Waals surface area contributed by atoms with Crippen LogP contribution in [0.25, 0.3) is 0 Å². The number of hydrogen-bond acceptors (Lipinski definition) is 2. The van der Waals surface area contributed by atoms with Gasteiger partial charge in [0.05, 0.1) is 5.56 Å². The minimum Gasteiger partial charge on any atom is -0.399 e. The van der Waals surface area contributed by atoms with Crippen molar-refractivity contribution in [1.82, 2.24) is 5.32 Å². The minimum atomic E-state index is -0.265. The molecule has 3 N–H and O–H groups in total. The molecule has 21 heavy (non-hydrogen) atoms. The quantitative estimate of drug-likeness (QED) is 0.828. The lowest BCUT2D eigenvalue weighted by Gasteiger charge is -2.15. The third kappa shape index (κ3) is 4.29. The van der Waals surface area contributed by atoms with E-state index in [-0.39, 0.29) is 17.8 Å². The monoisotopic (exact) mass is 350 g/mol. The fourth-order valence-electron chi connectivity index (χ4n) is 2.04. The predicted octanol–water partition coefficient (Wildman–Crippen LogP) is 3.53. The van der Waals surface area contributed by atoms with E-state index in [4.69, 9.17) is 5.73 Å². The molecule has 5 heteroatoms. The maximum absolute atomic E-state index is 12.9. The zero-order valence-electron chi connectivity index (χ0n) is 11.6. The predicted molar refractivity (Wildman–Crippen MR) is 85.6 cm³/mol. The van der Waals surface area contributed by atoms with Gasteiger partial charge in [-0.1, -0.05) is 12.1 Å². The normalized spacial score (nSPS) is 12.0. The molecule has 2 rings (SSSR count). The highest BCUT2D eigenvalue weighted by molar-refractivity contribution is 9.10. The third-order valence-corrected chi connectivity index (χ3v) is 3.76. The summed E-state index contributed by atoms with van der Waals surface area (Å²) < 4.78 is 13.5. The van der Waals surface area contributed by atoms with Crippen LogP contribution in [0.3, 0.4) is 0 Å². The summed E-state index contributed by atoms with van der Waals surface area (Å²) in [5, 5.41) is 2.91. The third-order valence-electron chi connectivity index (χ3n) is 3.07. The van der Waals surface area contributed by atoms with Crippen LogP contribution in [-0.2, 0) is 6.42 Å². The van der Waals surface area contributed by atoms with Crippen molar-refractivity contribution in [3.05, 3.63) is 63.9 Å². The number of nitrogen functional groups attached to an aromatic ring is 1. The molecule has 0 bridgehead atoms. The van der Waals surface area contributed by atoms with Crippen molar-refractivity contribution in [3.63, 3.8) is 0 Å². The Balaban J connectivity index is 2.01. The highest BCUT2D eigenvalue weighted by Crippen LogP contribution is 2.19. The van der Waals surface area contributed by atoms with E-state index >= 15 is 0 Å². The topological polar surface area (TPSA) is 55.1 Å². The summed E-state index contributed by atoms with van der Waals surface area (Å²) in [6, 6.07) is 11.3. The van der Waals surface area contributed by atoms with Crippen LogP contribution in [0.1, 0.15) is 22.8 Å². The Hall–Kier alpha value is -1.88. The molecular weight excluding hydrogens is 335 g/mol. The molecule has 0 aliphatic rings. The van der Waals surface area contributed by atoms with Gasteiger partial charge in [-0.05, 0) is 65.2 Å². The van der Waals surface area contributed by atoms with Gasteiger partial charge in [0, 0.05) is 16.2 Å². The molecule has 0 aromatic heterocycles. The summed E-state index contributed by atoms with van der Waals surface area (Å²) >= 11 is 3.34. The molecule has 0 aliphatic carbocycles. The Morgan fingerprint density at radius 2 is 1.95 bits per heavy atom. The molecule has 0 saturated heterocycles. The molecule has 0 saturated carbocycles. The van der Waals surface area contributed by atoms with Crippen molar-refractivity contribution in [2.75, 3.05) is 5.73 Å². The SMILES string of the molecule is CC(Cc1ccc(F)cc1)NC(=O)c1cc(N)ccc1Br. The van der Waals surface area contributed by atoms with E-state index in [2.05, 4.69) is 21.2 Å².